The van der Waals surface area contributed by atoms with Crippen LogP contribution in [0.1, 0.15) is 37.7 Å². The zero-order valence-electron chi connectivity index (χ0n) is 15.8. The molecule has 3 heterocycles. The SMILES string of the molecule is O=S1(=O)N=C(N2CC(N3CCN(C4CCCCC4)CC3)C2)c2ccccc21. The van der Waals surface area contributed by atoms with Gasteiger partial charge in [0.1, 0.15) is 4.90 Å². The largest absolute Gasteiger partial charge is 0.352 e. The second-order valence-corrected chi connectivity index (χ2v) is 9.88. The van der Waals surface area contributed by atoms with E-state index in [2.05, 4.69) is 19.1 Å². The highest BCUT2D eigenvalue weighted by atomic mass is 32.2. The maximum atomic E-state index is 12.2. The van der Waals surface area contributed by atoms with Gasteiger partial charge in [-0.25, -0.2) is 0 Å². The molecule has 0 spiro atoms. The van der Waals surface area contributed by atoms with Crippen LogP contribution < -0.4 is 0 Å². The summed E-state index contributed by atoms with van der Waals surface area (Å²) in [7, 11) is -3.51. The molecule has 6 nitrogen and oxygen atoms in total. The van der Waals surface area contributed by atoms with Crippen molar-refractivity contribution < 1.29 is 8.42 Å². The number of hydrogen-bond donors (Lipinski definition) is 0. The van der Waals surface area contributed by atoms with Gasteiger partial charge in [0.05, 0.1) is 0 Å². The number of likely N-dealkylation sites (tertiary alicyclic amines) is 1. The summed E-state index contributed by atoms with van der Waals surface area (Å²) in [6.07, 6.45) is 6.97. The van der Waals surface area contributed by atoms with Crippen molar-refractivity contribution in [3.63, 3.8) is 0 Å². The molecule has 27 heavy (non-hydrogen) atoms. The van der Waals surface area contributed by atoms with E-state index in [1.165, 1.54) is 45.2 Å². The molecule has 0 aromatic heterocycles. The lowest BCUT2D eigenvalue weighted by molar-refractivity contribution is 0.0167. The van der Waals surface area contributed by atoms with Gasteiger partial charge < -0.3 is 4.90 Å². The number of benzene rings is 1. The highest BCUT2D eigenvalue weighted by molar-refractivity contribution is 7.90. The number of hydrogen-bond acceptors (Lipinski definition) is 5. The molecule has 0 unspecified atom stereocenters. The smallest absolute Gasteiger partial charge is 0.285 e. The zero-order valence-corrected chi connectivity index (χ0v) is 16.6. The number of fused-ring (bicyclic) bond motifs is 1. The van der Waals surface area contributed by atoms with Gasteiger partial charge in [0, 0.05) is 56.9 Å². The van der Waals surface area contributed by atoms with Crippen LogP contribution in [0.4, 0.5) is 0 Å². The van der Waals surface area contributed by atoms with Crippen LogP contribution in [0.15, 0.2) is 33.6 Å². The summed E-state index contributed by atoms with van der Waals surface area (Å²) in [5, 5.41) is 0. The molecule has 1 aromatic rings. The van der Waals surface area contributed by atoms with Gasteiger partial charge in [-0.2, -0.15) is 8.42 Å². The van der Waals surface area contributed by atoms with Crippen molar-refractivity contribution >= 4 is 15.9 Å². The minimum atomic E-state index is -3.51. The maximum absolute atomic E-state index is 12.2. The summed E-state index contributed by atoms with van der Waals surface area (Å²) >= 11 is 0. The van der Waals surface area contributed by atoms with E-state index in [1.807, 2.05) is 12.1 Å². The highest BCUT2D eigenvalue weighted by Gasteiger charge is 2.40. The molecule has 5 rings (SSSR count). The number of sulfonamides is 1. The van der Waals surface area contributed by atoms with E-state index in [0.717, 1.165) is 37.8 Å². The molecule has 0 bridgehead atoms. The fraction of sp³-hybridized carbons (Fsp3) is 0.650. The molecule has 1 aliphatic carbocycles. The Morgan fingerprint density at radius 3 is 2.19 bits per heavy atom. The predicted molar refractivity (Wildman–Crippen MR) is 106 cm³/mol. The lowest BCUT2D eigenvalue weighted by Crippen LogP contribution is -2.64. The summed E-state index contributed by atoms with van der Waals surface area (Å²) in [5.74, 6) is 0.641. The van der Waals surface area contributed by atoms with Crippen molar-refractivity contribution in [1.29, 1.82) is 0 Å². The van der Waals surface area contributed by atoms with Crippen LogP contribution in [0.2, 0.25) is 0 Å². The van der Waals surface area contributed by atoms with E-state index >= 15 is 0 Å². The minimum Gasteiger partial charge on any atom is -0.352 e. The standard InChI is InChI=1S/C20H28N4O2S/c25-27(26)19-9-5-4-8-18(19)20(21-27)24-14-17(15-24)23-12-10-22(11-13-23)16-6-2-1-3-7-16/h4-5,8-9,16-17H,1-3,6-7,10-15H2. The average molecular weight is 389 g/mol. The zero-order chi connectivity index (χ0) is 18.4. The van der Waals surface area contributed by atoms with Crippen LogP contribution in [0, 0.1) is 0 Å². The fourth-order valence-corrected chi connectivity index (χ4v) is 6.32. The second-order valence-electron chi connectivity index (χ2n) is 8.31. The molecule has 2 saturated heterocycles. The first kappa shape index (κ1) is 17.6. The number of amidine groups is 1. The Morgan fingerprint density at radius 1 is 0.852 bits per heavy atom. The van der Waals surface area contributed by atoms with Crippen molar-refractivity contribution in [2.75, 3.05) is 39.3 Å². The molecule has 146 valence electrons. The average Bonchev–Trinajstić information content (AvgIpc) is 2.93. The molecule has 0 amide bonds. The van der Waals surface area contributed by atoms with Crippen LogP contribution >= 0.6 is 0 Å². The summed E-state index contributed by atoms with van der Waals surface area (Å²) in [4.78, 5) is 7.77. The lowest BCUT2D eigenvalue weighted by atomic mass is 9.93. The Bertz CT molecular complexity index is 833. The van der Waals surface area contributed by atoms with E-state index in [4.69, 9.17) is 0 Å². The lowest BCUT2D eigenvalue weighted by Gasteiger charge is -2.50. The third-order valence-electron chi connectivity index (χ3n) is 6.73. The third-order valence-corrected chi connectivity index (χ3v) is 8.06. The normalized spacial score (nSPS) is 27.3. The first-order valence-electron chi connectivity index (χ1n) is 10.3. The maximum Gasteiger partial charge on any atom is 0.285 e. The van der Waals surface area contributed by atoms with Crippen LogP contribution in [-0.2, 0) is 10.0 Å². The van der Waals surface area contributed by atoms with E-state index in [-0.39, 0.29) is 0 Å². The van der Waals surface area contributed by atoms with Gasteiger partial charge in [0.2, 0.25) is 0 Å². The number of rotatable bonds is 2. The molecule has 1 aromatic carbocycles. The molecule has 0 atom stereocenters. The Hall–Kier alpha value is -1.44. The summed E-state index contributed by atoms with van der Waals surface area (Å²) in [6.45, 7) is 6.39. The van der Waals surface area contributed by atoms with E-state index < -0.39 is 10.0 Å². The van der Waals surface area contributed by atoms with E-state index in [9.17, 15) is 8.42 Å². The first-order chi connectivity index (χ1) is 13.1. The Labute approximate surface area is 161 Å². The minimum absolute atomic E-state index is 0.351. The molecule has 7 heteroatoms. The predicted octanol–water partition coefficient (Wildman–Crippen LogP) is 1.77. The van der Waals surface area contributed by atoms with Gasteiger partial charge in [0.15, 0.2) is 5.84 Å². The fourth-order valence-electron chi connectivity index (χ4n) is 5.09. The van der Waals surface area contributed by atoms with Gasteiger partial charge in [-0.3, -0.25) is 9.80 Å². The Balaban J connectivity index is 1.18. The van der Waals surface area contributed by atoms with Crippen molar-refractivity contribution in [3.05, 3.63) is 29.8 Å². The van der Waals surface area contributed by atoms with Crippen LogP contribution in [0.3, 0.4) is 0 Å². The number of nitrogens with zero attached hydrogens (tertiary/aromatic N) is 4. The molecular weight excluding hydrogens is 360 g/mol. The quantitative estimate of drug-likeness (QED) is 0.773. The monoisotopic (exact) mass is 388 g/mol. The van der Waals surface area contributed by atoms with Crippen molar-refractivity contribution in [3.8, 4) is 0 Å². The first-order valence-corrected chi connectivity index (χ1v) is 11.7. The molecule has 4 aliphatic rings. The summed E-state index contributed by atoms with van der Waals surface area (Å²) in [6, 6.07) is 8.51. The van der Waals surface area contributed by atoms with Crippen LogP contribution in [-0.4, -0.2) is 80.3 Å². The van der Waals surface area contributed by atoms with Gasteiger partial charge in [0.25, 0.3) is 10.0 Å². The van der Waals surface area contributed by atoms with Crippen molar-refractivity contribution in [2.24, 2.45) is 4.40 Å². The molecule has 3 aliphatic heterocycles. The Kier molecular flexibility index (Phi) is 4.49. The molecule has 1 saturated carbocycles. The topological polar surface area (TPSA) is 56.2 Å². The number of piperazine rings is 1. The van der Waals surface area contributed by atoms with Gasteiger partial charge in [-0.05, 0) is 25.0 Å². The third kappa shape index (κ3) is 3.19. The molecular formula is C20H28N4O2S. The van der Waals surface area contributed by atoms with Gasteiger partial charge >= 0.3 is 0 Å². The molecule has 3 fully saturated rings. The van der Waals surface area contributed by atoms with Crippen molar-refractivity contribution in [1.82, 2.24) is 14.7 Å². The molecule has 0 N–H and O–H groups in total. The van der Waals surface area contributed by atoms with Gasteiger partial charge in [-0.15, -0.1) is 4.40 Å². The Morgan fingerprint density at radius 2 is 1.48 bits per heavy atom. The van der Waals surface area contributed by atoms with Gasteiger partial charge in [-0.1, -0.05) is 31.4 Å². The van der Waals surface area contributed by atoms with Crippen molar-refractivity contribution in [2.45, 2.75) is 49.1 Å². The second kappa shape index (κ2) is 6.87. The van der Waals surface area contributed by atoms with Crippen LogP contribution in [0.25, 0.3) is 0 Å². The molecule has 0 radical (unpaired) electrons. The van der Waals surface area contributed by atoms with E-state index in [0.29, 0.717) is 16.8 Å². The van der Waals surface area contributed by atoms with E-state index in [1.54, 1.807) is 12.1 Å². The summed E-state index contributed by atoms with van der Waals surface area (Å²) < 4.78 is 28.5. The summed E-state index contributed by atoms with van der Waals surface area (Å²) in [5.41, 5.74) is 0.762. The highest BCUT2D eigenvalue weighted by Crippen LogP contribution is 2.31. The van der Waals surface area contributed by atoms with Crippen LogP contribution in [0.5, 0.6) is 0 Å².